The summed E-state index contributed by atoms with van der Waals surface area (Å²) >= 11 is 1.27. The summed E-state index contributed by atoms with van der Waals surface area (Å²) in [4.78, 5) is 14.4. The molecule has 8 heteroatoms. The Morgan fingerprint density at radius 1 is 1.21 bits per heavy atom. The average Bonchev–Trinajstić information content (AvgIpc) is 2.97. The Kier molecular flexibility index (Phi) is 5.40. The molecule has 0 aliphatic carbocycles. The number of carbonyl (C=O) groups excluding carboxylic acids is 1. The first-order valence-corrected chi connectivity index (χ1v) is 7.55. The van der Waals surface area contributed by atoms with Gasteiger partial charge in [-0.25, -0.2) is 4.98 Å². The van der Waals surface area contributed by atoms with E-state index in [4.69, 9.17) is 5.11 Å². The number of nitrogens with zero attached hydrogens (tertiary/aromatic N) is 1. The van der Waals surface area contributed by atoms with Crippen molar-refractivity contribution in [3.63, 3.8) is 0 Å². The fraction of sp³-hybridized carbons (Fsp3) is 0.125. The number of aromatic hydroxyl groups is 1. The van der Waals surface area contributed by atoms with Gasteiger partial charge in [-0.2, -0.15) is 13.2 Å². The van der Waals surface area contributed by atoms with E-state index in [0.29, 0.717) is 17.0 Å². The highest BCUT2D eigenvalue weighted by Gasteiger charge is 2.30. The summed E-state index contributed by atoms with van der Waals surface area (Å²) in [6, 6.07) is 9.90. The molecule has 0 saturated carbocycles. The van der Waals surface area contributed by atoms with E-state index in [0.717, 1.165) is 22.3 Å². The van der Waals surface area contributed by atoms with Crippen LogP contribution in [0.1, 0.15) is 15.4 Å². The van der Waals surface area contributed by atoms with E-state index >= 15 is 0 Å². The first kappa shape index (κ1) is 17.7. The summed E-state index contributed by atoms with van der Waals surface area (Å²) < 4.78 is 37.1. The van der Waals surface area contributed by atoms with E-state index in [1.165, 1.54) is 17.4 Å². The number of nitrogens with one attached hydrogen (secondary N) is 1. The largest absolute Gasteiger partial charge is 0.508 e. The van der Waals surface area contributed by atoms with Crippen LogP contribution in [0.25, 0.3) is 10.2 Å². The van der Waals surface area contributed by atoms with E-state index in [-0.39, 0.29) is 5.75 Å². The number of carbonyl (C=O) groups is 1. The van der Waals surface area contributed by atoms with Crippen molar-refractivity contribution in [2.75, 3.05) is 12.4 Å². The van der Waals surface area contributed by atoms with E-state index in [1.54, 1.807) is 31.3 Å². The fourth-order valence-corrected chi connectivity index (χ4v) is 2.65. The Bertz CT molecular complexity index is 847. The highest BCUT2D eigenvalue weighted by Crippen LogP contribution is 2.30. The number of hydrogen-bond acceptors (Lipinski definition) is 5. The number of phenolic OH excluding ortho intramolecular Hbond substituents is 1. The number of alkyl halides is 3. The van der Waals surface area contributed by atoms with E-state index in [2.05, 4.69) is 10.3 Å². The van der Waals surface area contributed by atoms with Crippen LogP contribution in [0, 0.1) is 0 Å². The molecule has 0 aliphatic heterocycles. The van der Waals surface area contributed by atoms with Crippen molar-refractivity contribution in [1.82, 2.24) is 4.98 Å². The molecule has 3 aromatic rings. The second-order valence-electron chi connectivity index (χ2n) is 4.65. The third-order valence-electron chi connectivity index (χ3n) is 2.97. The van der Waals surface area contributed by atoms with Crippen molar-refractivity contribution < 1.29 is 23.1 Å². The molecule has 0 unspecified atom stereocenters. The lowest BCUT2D eigenvalue weighted by Gasteiger charge is -2.07. The van der Waals surface area contributed by atoms with Crippen molar-refractivity contribution in [3.05, 3.63) is 53.0 Å². The number of benzene rings is 2. The number of halogens is 3. The second kappa shape index (κ2) is 7.31. The fourth-order valence-electron chi connectivity index (χ4n) is 1.83. The van der Waals surface area contributed by atoms with Crippen molar-refractivity contribution in [2.24, 2.45) is 0 Å². The predicted octanol–water partition coefficient (Wildman–Crippen LogP) is 4.56. The van der Waals surface area contributed by atoms with Gasteiger partial charge in [-0.3, -0.25) is 4.79 Å². The molecule has 0 atom stereocenters. The Hall–Kier alpha value is -2.61. The zero-order chi connectivity index (χ0) is 17.7. The van der Waals surface area contributed by atoms with Crippen LogP contribution in [0.5, 0.6) is 5.75 Å². The molecule has 0 radical (unpaired) electrons. The molecule has 0 aliphatic rings. The van der Waals surface area contributed by atoms with Gasteiger partial charge < -0.3 is 10.4 Å². The van der Waals surface area contributed by atoms with Crippen LogP contribution in [0.4, 0.5) is 18.9 Å². The van der Waals surface area contributed by atoms with E-state index in [1.807, 2.05) is 0 Å². The third kappa shape index (κ3) is 4.45. The number of phenols is 1. The number of aldehydes is 1. The maximum Gasteiger partial charge on any atom is 0.416 e. The molecule has 1 aromatic heterocycles. The molecule has 0 bridgehead atoms. The maximum atomic E-state index is 12.1. The smallest absolute Gasteiger partial charge is 0.416 e. The minimum absolute atomic E-state index is 0.198. The average molecular weight is 354 g/mol. The summed E-state index contributed by atoms with van der Waals surface area (Å²) in [5, 5.41) is 12.2. The van der Waals surface area contributed by atoms with Crippen molar-refractivity contribution in [2.45, 2.75) is 6.18 Å². The van der Waals surface area contributed by atoms with E-state index in [9.17, 15) is 18.0 Å². The van der Waals surface area contributed by atoms with Gasteiger partial charge in [-0.15, -0.1) is 11.3 Å². The number of fused-ring (bicyclic) bond motifs is 1. The Labute approximate surface area is 139 Å². The summed E-state index contributed by atoms with van der Waals surface area (Å²) in [5.41, 5.74) is 0.582. The summed E-state index contributed by atoms with van der Waals surface area (Å²) in [7, 11) is 1.58. The lowest BCUT2D eigenvalue weighted by atomic mass is 10.2. The first-order chi connectivity index (χ1) is 11.3. The lowest BCUT2D eigenvalue weighted by Crippen LogP contribution is -2.04. The molecular weight excluding hydrogens is 341 g/mol. The predicted molar refractivity (Wildman–Crippen MR) is 87.7 cm³/mol. The molecule has 0 spiro atoms. The number of hydrogen-bond donors (Lipinski definition) is 2. The summed E-state index contributed by atoms with van der Waals surface area (Å²) in [5.74, 6) is 0.198. The molecule has 126 valence electrons. The SMILES string of the molecule is CNc1cccc(C(F)(F)F)c1.O=Cc1nc2ccc(O)cc2s1. The maximum absolute atomic E-state index is 12.1. The topological polar surface area (TPSA) is 62.2 Å². The van der Waals surface area contributed by atoms with Crippen LogP contribution < -0.4 is 5.32 Å². The van der Waals surface area contributed by atoms with Gasteiger partial charge >= 0.3 is 6.18 Å². The number of thiazole rings is 1. The monoisotopic (exact) mass is 354 g/mol. The number of anilines is 1. The van der Waals surface area contributed by atoms with Crippen LogP contribution in [0.3, 0.4) is 0 Å². The molecule has 0 fully saturated rings. The molecule has 0 saturated heterocycles. The molecule has 2 N–H and O–H groups in total. The highest BCUT2D eigenvalue weighted by molar-refractivity contribution is 7.20. The van der Waals surface area contributed by atoms with Crippen molar-refractivity contribution in [1.29, 1.82) is 0 Å². The van der Waals surface area contributed by atoms with Gasteiger partial charge in [0.2, 0.25) is 0 Å². The molecule has 24 heavy (non-hydrogen) atoms. The lowest BCUT2D eigenvalue weighted by molar-refractivity contribution is -0.137. The molecular formula is C16H13F3N2O2S. The molecule has 4 nitrogen and oxygen atoms in total. The van der Waals surface area contributed by atoms with Gasteiger partial charge in [-0.1, -0.05) is 6.07 Å². The minimum Gasteiger partial charge on any atom is -0.508 e. The van der Waals surface area contributed by atoms with Crippen LogP contribution in [0.15, 0.2) is 42.5 Å². The van der Waals surface area contributed by atoms with Crippen molar-refractivity contribution in [3.8, 4) is 5.75 Å². The van der Waals surface area contributed by atoms with Gasteiger partial charge in [0.25, 0.3) is 0 Å². The normalized spacial score (nSPS) is 10.8. The Balaban J connectivity index is 0.000000174. The number of rotatable bonds is 2. The quantitative estimate of drug-likeness (QED) is 0.662. The summed E-state index contributed by atoms with van der Waals surface area (Å²) in [6.45, 7) is 0. The first-order valence-electron chi connectivity index (χ1n) is 6.73. The minimum atomic E-state index is -4.26. The molecule has 2 aromatic carbocycles. The molecule has 1 heterocycles. The Morgan fingerprint density at radius 3 is 2.58 bits per heavy atom. The molecule has 3 rings (SSSR count). The van der Waals surface area contributed by atoms with Gasteiger partial charge in [0, 0.05) is 12.7 Å². The van der Waals surface area contributed by atoms with Crippen LogP contribution in [-0.4, -0.2) is 23.4 Å². The van der Waals surface area contributed by atoms with E-state index < -0.39 is 11.7 Å². The van der Waals surface area contributed by atoms with Crippen molar-refractivity contribution >= 4 is 33.5 Å². The van der Waals surface area contributed by atoms with Gasteiger partial charge in [0.15, 0.2) is 11.3 Å². The molecule has 0 amide bonds. The van der Waals surface area contributed by atoms with Crippen LogP contribution in [-0.2, 0) is 6.18 Å². The van der Waals surface area contributed by atoms with Crippen LogP contribution >= 0.6 is 11.3 Å². The zero-order valence-corrected chi connectivity index (χ0v) is 13.3. The second-order valence-corrected chi connectivity index (χ2v) is 5.71. The Morgan fingerprint density at radius 2 is 1.96 bits per heavy atom. The van der Waals surface area contributed by atoms with Gasteiger partial charge in [0.1, 0.15) is 5.75 Å². The highest BCUT2D eigenvalue weighted by atomic mass is 32.1. The zero-order valence-electron chi connectivity index (χ0n) is 12.5. The van der Waals surface area contributed by atoms with Gasteiger partial charge in [-0.05, 0) is 36.4 Å². The third-order valence-corrected chi connectivity index (χ3v) is 3.91. The standard InChI is InChI=1S/C8H8F3N.C8H5NO2S/c1-12-7-4-2-3-6(5-7)8(9,10)11;10-4-8-9-6-2-1-5(11)3-7(6)12-8/h2-5,12H,1H3;1-4,11H. The number of aromatic nitrogens is 1. The summed E-state index contributed by atoms with van der Waals surface area (Å²) in [6.07, 6.45) is -3.55. The van der Waals surface area contributed by atoms with Gasteiger partial charge in [0.05, 0.1) is 15.8 Å². The van der Waals surface area contributed by atoms with Crippen LogP contribution in [0.2, 0.25) is 0 Å².